The zero-order valence-electron chi connectivity index (χ0n) is 15.5. The largest absolute Gasteiger partial charge is 0.508 e. The molecule has 140 valence electrons. The van der Waals surface area contributed by atoms with E-state index in [1.165, 1.54) is 13.4 Å². The maximum atomic E-state index is 12.8. The van der Waals surface area contributed by atoms with Crippen molar-refractivity contribution in [3.8, 4) is 5.75 Å². The topological polar surface area (TPSA) is 71.1 Å². The van der Waals surface area contributed by atoms with Crippen LogP contribution in [0.3, 0.4) is 0 Å². The molecule has 0 amide bonds. The van der Waals surface area contributed by atoms with E-state index in [1.54, 1.807) is 0 Å². The summed E-state index contributed by atoms with van der Waals surface area (Å²) in [5, 5.41) is 0. The fourth-order valence-corrected chi connectivity index (χ4v) is 3.52. The molecule has 3 rings (SSSR count). The van der Waals surface area contributed by atoms with Gasteiger partial charge in [-0.25, -0.2) is 4.79 Å². The number of benzene rings is 1. The van der Waals surface area contributed by atoms with Gasteiger partial charge in [-0.05, 0) is 56.4 Å². The lowest BCUT2D eigenvalue weighted by molar-refractivity contribution is -0.132. The Morgan fingerprint density at radius 2 is 1.96 bits per heavy atom. The molecular weight excluding hydrogens is 336 g/mol. The van der Waals surface area contributed by atoms with Crippen molar-refractivity contribution in [3.63, 3.8) is 0 Å². The number of aryl methyl sites for hydroxylation is 2. The summed E-state index contributed by atoms with van der Waals surface area (Å²) in [6.45, 7) is 5.98. The van der Waals surface area contributed by atoms with Gasteiger partial charge in [0.1, 0.15) is 24.2 Å². The Hall–Kier alpha value is -2.50. The molecule has 0 radical (unpaired) electrons. The number of ketones is 1. The Bertz CT molecular complexity index is 751. The number of hydrogen-bond donors (Lipinski definition) is 0. The zero-order valence-corrected chi connectivity index (χ0v) is 15.5. The highest BCUT2D eigenvalue weighted by Gasteiger charge is 2.42. The average Bonchev–Trinajstić information content (AvgIpc) is 2.61. The second kappa shape index (κ2) is 7.40. The molecule has 0 N–H and O–H groups in total. The SMILES string of the molecule is COC(=O)OC1CCC2C(=O)C(Oc3cc(C)cc(C)c3C)=COC2C1. The second-order valence-electron chi connectivity index (χ2n) is 6.94. The summed E-state index contributed by atoms with van der Waals surface area (Å²) in [7, 11) is 1.27. The van der Waals surface area contributed by atoms with Gasteiger partial charge in [0, 0.05) is 6.42 Å². The lowest BCUT2D eigenvalue weighted by Crippen LogP contribution is -2.43. The zero-order chi connectivity index (χ0) is 18.8. The maximum Gasteiger partial charge on any atom is 0.508 e. The van der Waals surface area contributed by atoms with Crippen LogP contribution in [0.5, 0.6) is 5.75 Å². The molecule has 6 nitrogen and oxygen atoms in total. The van der Waals surface area contributed by atoms with Crippen molar-refractivity contribution in [2.75, 3.05) is 7.11 Å². The Balaban J connectivity index is 1.72. The molecule has 1 saturated carbocycles. The Morgan fingerprint density at radius 1 is 1.19 bits per heavy atom. The fourth-order valence-electron chi connectivity index (χ4n) is 3.52. The van der Waals surface area contributed by atoms with Crippen LogP contribution >= 0.6 is 0 Å². The number of rotatable bonds is 3. The van der Waals surface area contributed by atoms with Crippen LogP contribution in [0, 0.1) is 26.7 Å². The number of methoxy groups -OCH3 is 1. The van der Waals surface area contributed by atoms with Crippen LogP contribution < -0.4 is 4.74 Å². The van der Waals surface area contributed by atoms with Gasteiger partial charge in [-0.2, -0.15) is 0 Å². The van der Waals surface area contributed by atoms with E-state index >= 15 is 0 Å². The number of ether oxygens (including phenoxy) is 4. The van der Waals surface area contributed by atoms with Crippen molar-refractivity contribution in [2.45, 2.75) is 52.2 Å². The van der Waals surface area contributed by atoms with Crippen molar-refractivity contribution in [3.05, 3.63) is 40.8 Å². The van der Waals surface area contributed by atoms with E-state index in [4.69, 9.17) is 14.2 Å². The third kappa shape index (κ3) is 3.69. The number of allylic oxidation sites excluding steroid dienone is 1. The van der Waals surface area contributed by atoms with Crippen molar-refractivity contribution < 1.29 is 28.5 Å². The minimum Gasteiger partial charge on any atom is -0.493 e. The molecular formula is C20H24O6. The van der Waals surface area contributed by atoms with Crippen molar-refractivity contribution in [2.24, 2.45) is 5.92 Å². The van der Waals surface area contributed by atoms with Crippen LogP contribution in [0.1, 0.15) is 36.0 Å². The number of carbonyl (C=O) groups is 2. The standard InChI is InChI=1S/C20H24O6/c1-11-7-12(2)13(3)16(8-11)26-18-10-24-17-9-14(25-20(22)23-4)5-6-15(17)19(18)21/h7-8,10,14-15,17H,5-6,9H2,1-4H3. The number of hydrogen-bond acceptors (Lipinski definition) is 6. The molecule has 0 saturated heterocycles. The van der Waals surface area contributed by atoms with Gasteiger partial charge < -0.3 is 18.9 Å². The summed E-state index contributed by atoms with van der Waals surface area (Å²) in [5.41, 5.74) is 3.19. The molecule has 1 aliphatic heterocycles. The van der Waals surface area contributed by atoms with Gasteiger partial charge in [-0.1, -0.05) is 6.07 Å². The molecule has 1 aromatic carbocycles. The van der Waals surface area contributed by atoms with E-state index in [2.05, 4.69) is 10.8 Å². The Morgan fingerprint density at radius 3 is 2.69 bits per heavy atom. The fraction of sp³-hybridized carbons (Fsp3) is 0.500. The molecule has 0 spiro atoms. The highest BCUT2D eigenvalue weighted by Crippen LogP contribution is 2.36. The molecule has 26 heavy (non-hydrogen) atoms. The van der Waals surface area contributed by atoms with E-state index < -0.39 is 6.16 Å². The number of Topliss-reactive ketones (excluding diaryl/α,β-unsaturated/α-hetero) is 1. The Kier molecular flexibility index (Phi) is 5.20. The van der Waals surface area contributed by atoms with Crippen LogP contribution in [-0.2, 0) is 19.0 Å². The van der Waals surface area contributed by atoms with Gasteiger partial charge >= 0.3 is 6.16 Å². The third-order valence-electron chi connectivity index (χ3n) is 5.09. The van der Waals surface area contributed by atoms with Crippen LogP contribution in [0.2, 0.25) is 0 Å². The normalized spacial score (nSPS) is 24.8. The smallest absolute Gasteiger partial charge is 0.493 e. The summed E-state index contributed by atoms with van der Waals surface area (Å²) in [5.74, 6) is 0.564. The van der Waals surface area contributed by atoms with Gasteiger partial charge in [0.2, 0.25) is 11.5 Å². The minimum atomic E-state index is -0.708. The van der Waals surface area contributed by atoms with E-state index in [1.807, 2.05) is 26.8 Å². The molecule has 3 atom stereocenters. The second-order valence-corrected chi connectivity index (χ2v) is 6.94. The summed E-state index contributed by atoms with van der Waals surface area (Å²) in [6.07, 6.45) is 1.73. The van der Waals surface area contributed by atoms with Crippen molar-refractivity contribution in [1.29, 1.82) is 0 Å². The van der Waals surface area contributed by atoms with Crippen molar-refractivity contribution >= 4 is 11.9 Å². The predicted molar refractivity (Wildman–Crippen MR) is 93.9 cm³/mol. The monoisotopic (exact) mass is 360 g/mol. The van der Waals surface area contributed by atoms with Crippen molar-refractivity contribution in [1.82, 2.24) is 0 Å². The predicted octanol–water partition coefficient (Wildman–Crippen LogP) is 3.75. The van der Waals surface area contributed by atoms with E-state index in [0.717, 1.165) is 16.7 Å². The summed E-state index contributed by atoms with van der Waals surface area (Å²) in [6, 6.07) is 4.00. The van der Waals surface area contributed by atoms with Gasteiger partial charge in [-0.15, -0.1) is 0 Å². The number of carbonyl (C=O) groups excluding carboxylic acids is 2. The Labute approximate surface area is 153 Å². The number of fused-ring (bicyclic) bond motifs is 1. The minimum absolute atomic E-state index is 0.0590. The maximum absolute atomic E-state index is 12.8. The van der Waals surface area contributed by atoms with Crippen LogP contribution in [0.15, 0.2) is 24.2 Å². The quantitative estimate of drug-likeness (QED) is 0.765. The van der Waals surface area contributed by atoms with Gasteiger partial charge in [0.15, 0.2) is 0 Å². The van der Waals surface area contributed by atoms with Gasteiger partial charge in [0.05, 0.1) is 13.0 Å². The van der Waals surface area contributed by atoms with E-state index in [0.29, 0.717) is 25.0 Å². The summed E-state index contributed by atoms with van der Waals surface area (Å²) < 4.78 is 21.4. The van der Waals surface area contributed by atoms with E-state index in [9.17, 15) is 9.59 Å². The lowest BCUT2D eigenvalue weighted by atomic mass is 9.80. The summed E-state index contributed by atoms with van der Waals surface area (Å²) in [4.78, 5) is 24.1. The third-order valence-corrected chi connectivity index (χ3v) is 5.09. The van der Waals surface area contributed by atoms with Gasteiger partial charge in [0.25, 0.3) is 0 Å². The highest BCUT2D eigenvalue weighted by molar-refractivity contribution is 5.96. The molecule has 1 fully saturated rings. The first kappa shape index (κ1) is 18.3. The van der Waals surface area contributed by atoms with Crippen LogP contribution in [0.4, 0.5) is 4.79 Å². The van der Waals surface area contributed by atoms with E-state index in [-0.39, 0.29) is 29.7 Å². The van der Waals surface area contributed by atoms with Crippen LogP contribution in [-0.4, -0.2) is 31.3 Å². The molecule has 2 aliphatic rings. The molecule has 1 aliphatic carbocycles. The van der Waals surface area contributed by atoms with Gasteiger partial charge in [-0.3, -0.25) is 4.79 Å². The summed E-state index contributed by atoms with van der Waals surface area (Å²) >= 11 is 0. The molecule has 6 heteroatoms. The van der Waals surface area contributed by atoms with Crippen LogP contribution in [0.25, 0.3) is 0 Å². The first-order valence-electron chi connectivity index (χ1n) is 8.79. The highest BCUT2D eigenvalue weighted by atomic mass is 16.7. The molecule has 3 unspecified atom stereocenters. The average molecular weight is 360 g/mol. The molecule has 0 bridgehead atoms. The molecule has 0 aromatic heterocycles. The molecule has 1 aromatic rings. The molecule has 1 heterocycles. The lowest BCUT2D eigenvalue weighted by Gasteiger charge is -2.36. The first-order valence-corrected chi connectivity index (χ1v) is 8.79. The first-order chi connectivity index (χ1) is 12.4.